The zero-order chi connectivity index (χ0) is 26.3. The summed E-state index contributed by atoms with van der Waals surface area (Å²) in [4.78, 5) is 20.0. The molecule has 0 saturated carbocycles. The third kappa shape index (κ3) is 10.5. The van der Waals surface area contributed by atoms with Gasteiger partial charge in [0, 0.05) is 13.5 Å². The number of para-hydroxylation sites is 2. The second-order valence-corrected chi connectivity index (χ2v) is 9.45. The fraction of sp³-hybridized carbons (Fsp3) is 0.517. The Bertz CT molecular complexity index is 1020. The Balaban J connectivity index is 0.000000439. The van der Waals surface area contributed by atoms with Crippen LogP contribution >= 0.6 is 0 Å². The van der Waals surface area contributed by atoms with Crippen molar-refractivity contribution in [3.63, 3.8) is 0 Å². The highest BCUT2D eigenvalue weighted by Crippen LogP contribution is 2.28. The predicted molar refractivity (Wildman–Crippen MR) is 144 cm³/mol. The molecule has 6 nitrogen and oxygen atoms in total. The fourth-order valence-corrected chi connectivity index (χ4v) is 4.32. The molecule has 0 radical (unpaired) electrons. The topological polar surface area (TPSA) is 78.5 Å². The van der Waals surface area contributed by atoms with Crippen molar-refractivity contribution in [2.45, 2.75) is 58.8 Å². The minimum atomic E-state index is -0.933. The third-order valence-corrected chi connectivity index (χ3v) is 6.08. The number of aryl methyl sites for hydroxylation is 2. The van der Waals surface area contributed by atoms with Gasteiger partial charge >= 0.3 is 5.97 Å². The lowest BCUT2D eigenvalue weighted by atomic mass is 9.82. The lowest BCUT2D eigenvalue weighted by molar-refractivity contribution is -0.141. The molecule has 1 heterocycles. The highest BCUT2D eigenvalue weighted by Gasteiger charge is 2.19. The number of halogens is 1. The first-order valence-electron chi connectivity index (χ1n) is 13.0. The molecular formula is C29H42FN3O3. The van der Waals surface area contributed by atoms with Crippen LogP contribution in [0, 0.1) is 11.7 Å². The van der Waals surface area contributed by atoms with E-state index >= 15 is 0 Å². The predicted octanol–water partition coefficient (Wildman–Crippen LogP) is 5.90. The van der Waals surface area contributed by atoms with E-state index in [0.717, 1.165) is 61.5 Å². The number of nitrogens with zero attached hydrogens (tertiary/aromatic N) is 2. The van der Waals surface area contributed by atoms with Crippen LogP contribution < -0.4 is 0 Å². The molecule has 4 rings (SSSR count). The number of methoxy groups -OCH3 is 1. The maximum absolute atomic E-state index is 13.3. The van der Waals surface area contributed by atoms with Gasteiger partial charge in [-0.25, -0.2) is 14.2 Å². The Kier molecular flexibility index (Phi) is 13.1. The zero-order valence-electron chi connectivity index (χ0n) is 22.2. The van der Waals surface area contributed by atoms with Crippen molar-refractivity contribution >= 4 is 17.0 Å². The van der Waals surface area contributed by atoms with Crippen LogP contribution in [-0.4, -0.2) is 59.8 Å². The molecule has 36 heavy (non-hydrogen) atoms. The van der Waals surface area contributed by atoms with Gasteiger partial charge in [0.25, 0.3) is 0 Å². The summed E-state index contributed by atoms with van der Waals surface area (Å²) < 4.78 is 17.5. The van der Waals surface area contributed by atoms with E-state index in [1.165, 1.54) is 37.5 Å². The van der Waals surface area contributed by atoms with Crippen LogP contribution in [0.25, 0.3) is 11.0 Å². The van der Waals surface area contributed by atoms with Gasteiger partial charge in [-0.1, -0.05) is 38.5 Å². The van der Waals surface area contributed by atoms with Gasteiger partial charge in [0.1, 0.15) is 18.2 Å². The Morgan fingerprint density at radius 3 is 2.61 bits per heavy atom. The maximum atomic E-state index is 13.3. The van der Waals surface area contributed by atoms with E-state index in [2.05, 4.69) is 52.6 Å². The maximum Gasteiger partial charge on any atom is 0.329 e. The monoisotopic (exact) mass is 499 g/mol. The Labute approximate surface area is 214 Å². The molecule has 1 atom stereocenters. The number of aromatic nitrogens is 2. The van der Waals surface area contributed by atoms with Crippen molar-refractivity contribution in [3.8, 4) is 0 Å². The summed E-state index contributed by atoms with van der Waals surface area (Å²) in [5.74, 6) is 0.774. The van der Waals surface area contributed by atoms with Crippen LogP contribution in [0.2, 0.25) is 0 Å². The van der Waals surface area contributed by atoms with Gasteiger partial charge in [0.2, 0.25) is 0 Å². The summed E-state index contributed by atoms with van der Waals surface area (Å²) in [6.45, 7) is 6.26. The van der Waals surface area contributed by atoms with E-state index in [1.54, 1.807) is 12.1 Å². The van der Waals surface area contributed by atoms with Crippen molar-refractivity contribution in [3.05, 3.63) is 65.2 Å². The number of nitrogens with one attached hydrogen (secondary N) is 1. The summed E-state index contributed by atoms with van der Waals surface area (Å²) >= 11 is 0. The van der Waals surface area contributed by atoms with Crippen molar-refractivity contribution in [2.24, 2.45) is 5.92 Å². The summed E-state index contributed by atoms with van der Waals surface area (Å²) in [6, 6.07) is 13.5. The number of aromatic amines is 1. The molecule has 1 aliphatic carbocycles. The van der Waals surface area contributed by atoms with Gasteiger partial charge in [-0.3, -0.25) is 0 Å². The molecule has 1 aliphatic rings. The van der Waals surface area contributed by atoms with Crippen molar-refractivity contribution < 1.29 is 19.0 Å². The number of aliphatic carboxylic acids is 1. The molecule has 7 heteroatoms. The molecule has 198 valence electrons. The largest absolute Gasteiger partial charge is 0.480 e. The molecule has 0 saturated heterocycles. The van der Waals surface area contributed by atoms with Crippen molar-refractivity contribution in [2.75, 3.05) is 33.9 Å². The summed E-state index contributed by atoms with van der Waals surface area (Å²) in [7, 11) is 3.55. The average Bonchev–Trinajstić information content (AvgIpc) is 3.26. The highest BCUT2D eigenvalue weighted by molar-refractivity contribution is 5.74. The fourth-order valence-electron chi connectivity index (χ4n) is 4.32. The van der Waals surface area contributed by atoms with Gasteiger partial charge in [-0.2, -0.15) is 0 Å². The lowest BCUT2D eigenvalue weighted by Gasteiger charge is -2.26. The number of rotatable bonds is 9. The van der Waals surface area contributed by atoms with Gasteiger partial charge in [0.15, 0.2) is 0 Å². The second kappa shape index (κ2) is 16.1. The molecule has 2 aromatic carbocycles. The van der Waals surface area contributed by atoms with E-state index in [0.29, 0.717) is 0 Å². The average molecular weight is 500 g/mol. The minimum Gasteiger partial charge on any atom is -0.480 e. The standard InChI is InChI=1S/C23H28FN3.C3H6O3.C3H8/c1-27(13-4-7-23-25-21-5-2-3-6-22(21)26-23)14-12-17-8-9-19-16-20(24)11-10-18(19)15-17;1-6-2-3(4)5;1-3-2/h2-3,5-6,10-11,16-17H,4,7-9,12-15H2,1H3,(H,25,26);2H2,1H3,(H,4,5);3H2,1-2H3/t17-;;/m1../s1. The first-order chi connectivity index (χ1) is 17.4. The number of H-pyrrole nitrogens is 1. The van der Waals surface area contributed by atoms with E-state index in [1.807, 2.05) is 18.2 Å². The number of fused-ring (bicyclic) bond motifs is 2. The van der Waals surface area contributed by atoms with Gasteiger partial charge in [-0.15, -0.1) is 0 Å². The lowest BCUT2D eigenvalue weighted by Crippen LogP contribution is -2.25. The van der Waals surface area contributed by atoms with Gasteiger partial charge in [0.05, 0.1) is 11.0 Å². The van der Waals surface area contributed by atoms with E-state index < -0.39 is 5.97 Å². The van der Waals surface area contributed by atoms with Crippen molar-refractivity contribution in [1.82, 2.24) is 14.9 Å². The second-order valence-electron chi connectivity index (χ2n) is 9.45. The quantitative estimate of drug-likeness (QED) is 0.384. The molecule has 1 aromatic heterocycles. The van der Waals surface area contributed by atoms with Crippen LogP contribution in [0.3, 0.4) is 0 Å². The number of hydrogen-bond acceptors (Lipinski definition) is 4. The molecule has 0 bridgehead atoms. The Morgan fingerprint density at radius 1 is 1.19 bits per heavy atom. The van der Waals surface area contributed by atoms with Gasteiger partial charge in [-0.05, 0) is 93.6 Å². The first kappa shape index (κ1) is 29.5. The van der Waals surface area contributed by atoms with Crippen LogP contribution in [0.15, 0.2) is 42.5 Å². The normalized spacial score (nSPS) is 14.4. The highest BCUT2D eigenvalue weighted by atomic mass is 19.1. The molecule has 0 unspecified atom stereocenters. The van der Waals surface area contributed by atoms with E-state index in [9.17, 15) is 9.18 Å². The number of benzene rings is 2. The van der Waals surface area contributed by atoms with Crippen LogP contribution in [0.1, 0.15) is 56.5 Å². The number of carboxylic acids is 1. The molecule has 0 fully saturated rings. The zero-order valence-corrected chi connectivity index (χ0v) is 22.2. The summed E-state index contributed by atoms with van der Waals surface area (Å²) in [5, 5.41) is 7.79. The van der Waals surface area contributed by atoms with E-state index in [4.69, 9.17) is 5.11 Å². The van der Waals surface area contributed by atoms with Crippen LogP contribution in [0.4, 0.5) is 4.39 Å². The number of imidazole rings is 1. The van der Waals surface area contributed by atoms with Crippen LogP contribution in [-0.2, 0) is 28.8 Å². The summed E-state index contributed by atoms with van der Waals surface area (Å²) in [6.07, 6.45) is 7.88. The molecule has 0 aliphatic heterocycles. The number of carbonyl (C=O) groups is 1. The molecule has 2 N–H and O–H groups in total. The third-order valence-electron chi connectivity index (χ3n) is 6.08. The van der Waals surface area contributed by atoms with Crippen LogP contribution in [0.5, 0.6) is 0 Å². The number of carboxylic acid groups (broad SMARTS) is 1. The van der Waals surface area contributed by atoms with E-state index in [-0.39, 0.29) is 12.4 Å². The SMILES string of the molecule is CCC.CN(CCCc1nc2ccccc2[nH]1)CC[C@H]1CCc2cc(F)ccc2C1.COCC(=O)O. The number of ether oxygens (including phenoxy) is 1. The van der Waals surface area contributed by atoms with Crippen molar-refractivity contribution in [1.29, 1.82) is 0 Å². The minimum absolute atomic E-state index is 0.101. The molecule has 0 spiro atoms. The Hall–Kier alpha value is -2.77. The Morgan fingerprint density at radius 2 is 1.94 bits per heavy atom. The summed E-state index contributed by atoms with van der Waals surface area (Å²) in [5.41, 5.74) is 4.74. The first-order valence-corrected chi connectivity index (χ1v) is 13.0. The molecule has 3 aromatic rings. The molecular weight excluding hydrogens is 457 g/mol. The van der Waals surface area contributed by atoms with Gasteiger partial charge < -0.3 is 19.7 Å². The number of hydrogen-bond donors (Lipinski definition) is 2. The smallest absolute Gasteiger partial charge is 0.329 e. The molecule has 0 amide bonds.